The first-order chi connectivity index (χ1) is 10.0. The van der Waals surface area contributed by atoms with E-state index in [1.165, 1.54) is 17.5 Å². The summed E-state index contributed by atoms with van der Waals surface area (Å²) in [7, 11) is 0. The van der Waals surface area contributed by atoms with E-state index in [9.17, 15) is 4.79 Å². The summed E-state index contributed by atoms with van der Waals surface area (Å²) in [6, 6.07) is 3.52. The van der Waals surface area contributed by atoms with Crippen LogP contribution in [0.3, 0.4) is 0 Å². The Morgan fingerprint density at radius 1 is 1.48 bits per heavy atom. The van der Waals surface area contributed by atoms with Gasteiger partial charge in [-0.05, 0) is 30.2 Å². The van der Waals surface area contributed by atoms with E-state index >= 15 is 0 Å². The fourth-order valence-corrected chi connectivity index (χ4v) is 2.68. The number of carbonyl (C=O) groups is 1. The second-order valence-corrected chi connectivity index (χ2v) is 5.59. The van der Waals surface area contributed by atoms with Crippen LogP contribution in [-0.2, 0) is 11.2 Å². The summed E-state index contributed by atoms with van der Waals surface area (Å²) < 4.78 is 5.09. The number of allylic oxidation sites excluding steroid dienone is 1. The number of carbonyl (C=O) groups excluding carboxylic acids is 1. The third kappa shape index (κ3) is 4.62. The largest absolute Gasteiger partial charge is 0.462 e. The Labute approximate surface area is 128 Å². The lowest BCUT2D eigenvalue weighted by Crippen LogP contribution is -2.09. The average Bonchev–Trinajstić information content (AvgIpc) is 2.82. The fraction of sp³-hybridized carbons (Fsp3) is 0.400. The van der Waals surface area contributed by atoms with Crippen LogP contribution < -0.4 is 5.32 Å². The van der Waals surface area contributed by atoms with E-state index in [0.717, 1.165) is 12.0 Å². The maximum absolute atomic E-state index is 12.1. The molecule has 0 aliphatic heterocycles. The third-order valence-electron chi connectivity index (χ3n) is 2.56. The Balaban J connectivity index is 3.12. The topological polar surface area (TPSA) is 85.9 Å². The molecule has 0 atom stereocenters. The quantitative estimate of drug-likeness (QED) is 0.642. The maximum Gasteiger partial charge on any atom is 0.341 e. The molecule has 1 heterocycles. The molecular formula is C15H17N3O2S. The lowest BCUT2D eigenvalue weighted by atomic mass is 10.0. The SMILES string of the molecule is CCOC(=O)c1c(CC(C)C)csc1NC=C(C#N)C#N. The van der Waals surface area contributed by atoms with E-state index in [1.54, 1.807) is 19.1 Å². The molecule has 1 aromatic rings. The van der Waals surface area contributed by atoms with Crippen molar-refractivity contribution in [2.75, 3.05) is 11.9 Å². The van der Waals surface area contributed by atoms with Crippen LogP contribution in [0.15, 0.2) is 17.2 Å². The molecule has 0 spiro atoms. The fourth-order valence-electron chi connectivity index (χ4n) is 1.74. The first-order valence-electron chi connectivity index (χ1n) is 6.57. The summed E-state index contributed by atoms with van der Waals surface area (Å²) in [6.45, 7) is 6.20. The van der Waals surface area contributed by atoms with Gasteiger partial charge in [0.05, 0.1) is 12.2 Å². The Bertz CT molecular complexity index is 602. The summed E-state index contributed by atoms with van der Waals surface area (Å²) in [5.74, 6) is 0.0192. The van der Waals surface area contributed by atoms with Gasteiger partial charge in [0.2, 0.25) is 0 Å². The zero-order valence-corrected chi connectivity index (χ0v) is 13.1. The predicted octanol–water partition coefficient (Wildman–Crippen LogP) is 3.47. The standard InChI is InChI=1S/C15H17N3O2S/c1-4-20-15(19)13-12(5-10(2)3)9-21-14(13)18-8-11(6-16)7-17/h8-10,18H,4-5H2,1-3H3. The molecule has 0 aliphatic rings. The number of hydrogen-bond donors (Lipinski definition) is 1. The maximum atomic E-state index is 12.1. The molecule has 0 saturated heterocycles. The molecule has 0 amide bonds. The Hall–Kier alpha value is -2.31. The first-order valence-corrected chi connectivity index (χ1v) is 7.45. The molecule has 0 radical (unpaired) electrons. The normalized spacial score (nSPS) is 9.62. The van der Waals surface area contributed by atoms with Crippen molar-refractivity contribution in [3.8, 4) is 12.1 Å². The first kappa shape index (κ1) is 16.7. The van der Waals surface area contributed by atoms with Gasteiger partial charge in [-0.2, -0.15) is 10.5 Å². The van der Waals surface area contributed by atoms with Crippen molar-refractivity contribution < 1.29 is 9.53 Å². The van der Waals surface area contributed by atoms with Crippen LogP contribution in [-0.4, -0.2) is 12.6 Å². The zero-order valence-electron chi connectivity index (χ0n) is 12.3. The van der Waals surface area contributed by atoms with Gasteiger partial charge in [0, 0.05) is 6.20 Å². The van der Waals surface area contributed by atoms with Gasteiger partial charge < -0.3 is 10.1 Å². The van der Waals surface area contributed by atoms with E-state index in [4.69, 9.17) is 15.3 Å². The molecule has 110 valence electrons. The average molecular weight is 303 g/mol. The Kier molecular flexibility index (Phi) is 6.45. The molecule has 0 unspecified atom stereocenters. The lowest BCUT2D eigenvalue weighted by Gasteiger charge is -2.08. The van der Waals surface area contributed by atoms with Crippen molar-refractivity contribution in [1.29, 1.82) is 10.5 Å². The number of hydrogen-bond acceptors (Lipinski definition) is 6. The van der Waals surface area contributed by atoms with Gasteiger partial charge in [-0.3, -0.25) is 0 Å². The van der Waals surface area contributed by atoms with Crippen LogP contribution >= 0.6 is 11.3 Å². The molecule has 21 heavy (non-hydrogen) atoms. The number of nitrogens with zero attached hydrogens (tertiary/aromatic N) is 2. The van der Waals surface area contributed by atoms with Crippen molar-refractivity contribution in [2.24, 2.45) is 5.92 Å². The summed E-state index contributed by atoms with van der Waals surface area (Å²) in [6.07, 6.45) is 2.06. The van der Waals surface area contributed by atoms with Crippen molar-refractivity contribution in [2.45, 2.75) is 27.2 Å². The summed E-state index contributed by atoms with van der Waals surface area (Å²) in [5, 5.41) is 22.8. The molecule has 0 fully saturated rings. The van der Waals surface area contributed by atoms with Crippen molar-refractivity contribution in [3.05, 3.63) is 28.3 Å². The number of thiophene rings is 1. The number of nitriles is 2. The molecule has 1 N–H and O–H groups in total. The van der Waals surface area contributed by atoms with E-state index < -0.39 is 0 Å². The second-order valence-electron chi connectivity index (χ2n) is 4.71. The van der Waals surface area contributed by atoms with Gasteiger partial charge in [-0.15, -0.1) is 11.3 Å². The number of nitrogens with one attached hydrogen (secondary N) is 1. The van der Waals surface area contributed by atoms with Gasteiger partial charge in [-0.1, -0.05) is 13.8 Å². The highest BCUT2D eigenvalue weighted by molar-refractivity contribution is 7.14. The van der Waals surface area contributed by atoms with E-state index in [0.29, 0.717) is 23.1 Å². The van der Waals surface area contributed by atoms with Crippen molar-refractivity contribution in [3.63, 3.8) is 0 Å². The van der Waals surface area contributed by atoms with Crippen LogP contribution in [0.25, 0.3) is 0 Å². The number of rotatable bonds is 6. The van der Waals surface area contributed by atoms with Gasteiger partial charge in [0.25, 0.3) is 0 Å². The van der Waals surface area contributed by atoms with Crippen LogP contribution in [0, 0.1) is 28.6 Å². The van der Waals surface area contributed by atoms with Crippen LogP contribution in [0.2, 0.25) is 0 Å². The van der Waals surface area contributed by atoms with E-state index in [2.05, 4.69) is 19.2 Å². The van der Waals surface area contributed by atoms with Crippen molar-refractivity contribution in [1.82, 2.24) is 0 Å². The molecular weight excluding hydrogens is 286 g/mol. The second kappa shape index (κ2) is 8.08. The van der Waals surface area contributed by atoms with Crippen LogP contribution in [0.4, 0.5) is 5.00 Å². The predicted molar refractivity (Wildman–Crippen MR) is 81.7 cm³/mol. The Morgan fingerprint density at radius 3 is 2.67 bits per heavy atom. The van der Waals surface area contributed by atoms with E-state index in [1.807, 2.05) is 5.38 Å². The summed E-state index contributed by atoms with van der Waals surface area (Å²) in [4.78, 5) is 12.1. The van der Waals surface area contributed by atoms with Gasteiger partial charge in [0.15, 0.2) is 0 Å². The minimum Gasteiger partial charge on any atom is -0.462 e. The number of esters is 1. The molecule has 0 bridgehead atoms. The van der Waals surface area contributed by atoms with Gasteiger partial charge in [0.1, 0.15) is 22.7 Å². The van der Waals surface area contributed by atoms with Crippen molar-refractivity contribution >= 4 is 22.3 Å². The smallest absolute Gasteiger partial charge is 0.341 e. The molecule has 1 rings (SSSR count). The highest BCUT2D eigenvalue weighted by Crippen LogP contribution is 2.31. The molecule has 0 aliphatic carbocycles. The monoisotopic (exact) mass is 303 g/mol. The van der Waals surface area contributed by atoms with Crippen LogP contribution in [0.5, 0.6) is 0 Å². The van der Waals surface area contributed by atoms with E-state index in [-0.39, 0.29) is 11.5 Å². The van der Waals surface area contributed by atoms with Crippen LogP contribution in [0.1, 0.15) is 36.7 Å². The molecule has 1 aromatic heterocycles. The van der Waals surface area contributed by atoms with Gasteiger partial charge in [-0.25, -0.2) is 4.79 Å². The van der Waals surface area contributed by atoms with Gasteiger partial charge >= 0.3 is 5.97 Å². The number of ether oxygens (including phenoxy) is 1. The highest BCUT2D eigenvalue weighted by atomic mass is 32.1. The minimum absolute atomic E-state index is 0.0522. The molecule has 0 aromatic carbocycles. The molecule has 5 nitrogen and oxygen atoms in total. The Morgan fingerprint density at radius 2 is 2.14 bits per heavy atom. The summed E-state index contributed by atoms with van der Waals surface area (Å²) >= 11 is 1.36. The zero-order chi connectivity index (χ0) is 15.8. The number of anilines is 1. The minimum atomic E-state index is -0.388. The highest BCUT2D eigenvalue weighted by Gasteiger charge is 2.20. The molecule has 6 heteroatoms. The lowest BCUT2D eigenvalue weighted by molar-refractivity contribution is 0.0526. The molecule has 0 saturated carbocycles. The third-order valence-corrected chi connectivity index (χ3v) is 3.52. The summed E-state index contributed by atoms with van der Waals surface area (Å²) in [5.41, 5.74) is 1.35.